The summed E-state index contributed by atoms with van der Waals surface area (Å²) in [6, 6.07) is 25.2. The van der Waals surface area contributed by atoms with E-state index < -0.39 is 48.4 Å². The van der Waals surface area contributed by atoms with Crippen molar-refractivity contribution in [3.63, 3.8) is 0 Å². The molecule has 2 aromatic carbocycles. The van der Waals surface area contributed by atoms with Gasteiger partial charge >= 0.3 is 0 Å². The van der Waals surface area contributed by atoms with Gasteiger partial charge in [0.2, 0.25) is 0 Å². The highest BCUT2D eigenvalue weighted by Crippen LogP contribution is 2.38. The lowest BCUT2D eigenvalue weighted by Gasteiger charge is -2.44. The van der Waals surface area contributed by atoms with E-state index in [4.69, 9.17) is 0 Å². The largest absolute Gasteiger partial charge is 0.0985 e. The van der Waals surface area contributed by atoms with Gasteiger partial charge in [-0.15, -0.1) is 0 Å². The number of rotatable bonds is 16. The molecule has 1 atom stereocenters. The van der Waals surface area contributed by atoms with E-state index in [2.05, 4.69) is 140 Å². The van der Waals surface area contributed by atoms with Crippen LogP contribution in [0.2, 0.25) is 120 Å². The number of benzene rings is 2. The van der Waals surface area contributed by atoms with E-state index in [0.717, 1.165) is 0 Å². The Balaban J connectivity index is 2.35. The Bertz CT molecular complexity index is 1130. The lowest BCUT2D eigenvalue weighted by molar-refractivity contribution is 1.21. The van der Waals surface area contributed by atoms with Gasteiger partial charge in [0.25, 0.3) is 0 Å². The van der Waals surface area contributed by atoms with Gasteiger partial charge in [-0.2, -0.15) is 0 Å². The Hall–Kier alpha value is -0.779. The quantitative estimate of drug-likeness (QED) is 0.158. The highest BCUT2D eigenvalue weighted by molar-refractivity contribution is 7.10. The summed E-state index contributed by atoms with van der Waals surface area (Å²) in [5.74, 6) is 0. The number of hydrogen-bond donors (Lipinski definition) is 0. The van der Waals surface area contributed by atoms with Crippen LogP contribution in [-0.4, -0.2) is 48.4 Å². The molecular weight excluding hydrogens is 589 g/mol. The minimum absolute atomic E-state index is 1.13. The second kappa shape index (κ2) is 13.9. The SMILES string of the molecule is C=Cc1ccc([Si](C)(C)C[Si](C)(C)CC[Si](C)(C)C[Si](CC[Si](C)(C)C)(C[Si](C)(C)C)c2ccc(C=C)cc2)cc1. The van der Waals surface area contributed by atoms with E-state index in [9.17, 15) is 0 Å². The Kier molecular flexibility index (Phi) is 12.3. The van der Waals surface area contributed by atoms with Gasteiger partial charge in [0.15, 0.2) is 0 Å². The molecule has 0 saturated carbocycles. The maximum atomic E-state index is 4.04. The van der Waals surface area contributed by atoms with E-state index in [-0.39, 0.29) is 0 Å². The van der Waals surface area contributed by atoms with Crippen molar-refractivity contribution in [2.75, 3.05) is 0 Å². The van der Waals surface area contributed by atoms with E-state index in [1.807, 2.05) is 12.2 Å². The van der Waals surface area contributed by atoms with Crippen molar-refractivity contribution < 1.29 is 0 Å². The first-order valence-electron chi connectivity index (χ1n) is 16.1. The fourth-order valence-electron chi connectivity index (χ4n) is 7.33. The second-order valence-electron chi connectivity index (χ2n) is 17.8. The van der Waals surface area contributed by atoms with Gasteiger partial charge in [0.1, 0.15) is 0 Å². The third-order valence-electron chi connectivity index (χ3n) is 9.12. The fraction of sp³-hybridized carbons (Fsp3) is 0.543. The van der Waals surface area contributed by atoms with Crippen LogP contribution in [0.5, 0.6) is 0 Å². The molecule has 2 rings (SSSR count). The van der Waals surface area contributed by atoms with Gasteiger partial charge in [0.05, 0.1) is 16.1 Å². The molecule has 0 radical (unpaired) electrons. The molecule has 6 heteroatoms. The summed E-state index contributed by atoms with van der Waals surface area (Å²) in [4.78, 5) is 0. The van der Waals surface area contributed by atoms with Gasteiger partial charge in [0, 0.05) is 32.3 Å². The molecular formula is C35H64Si6. The Morgan fingerprint density at radius 1 is 0.463 bits per heavy atom. The molecule has 0 fully saturated rings. The predicted octanol–water partition coefficient (Wildman–Crippen LogP) is 11.0. The summed E-state index contributed by atoms with van der Waals surface area (Å²) in [5.41, 5.74) is 7.13. The van der Waals surface area contributed by atoms with Crippen molar-refractivity contribution in [3.8, 4) is 0 Å². The summed E-state index contributed by atoms with van der Waals surface area (Å²) in [7, 11) is -8.21. The molecule has 0 bridgehead atoms. The maximum absolute atomic E-state index is 4.04. The van der Waals surface area contributed by atoms with Crippen LogP contribution in [0.4, 0.5) is 0 Å². The van der Waals surface area contributed by atoms with Crippen LogP contribution in [0, 0.1) is 0 Å². The summed E-state index contributed by atoms with van der Waals surface area (Å²) in [6.45, 7) is 39.9. The van der Waals surface area contributed by atoms with E-state index in [1.165, 1.54) is 41.0 Å². The molecule has 0 aromatic heterocycles. The molecule has 41 heavy (non-hydrogen) atoms. The van der Waals surface area contributed by atoms with Crippen LogP contribution in [0.1, 0.15) is 11.1 Å². The Labute approximate surface area is 262 Å². The monoisotopic (exact) mass is 652 g/mol. The van der Waals surface area contributed by atoms with Crippen molar-refractivity contribution in [2.24, 2.45) is 0 Å². The molecule has 0 aliphatic heterocycles. The number of hydrogen-bond acceptors (Lipinski definition) is 0. The van der Waals surface area contributed by atoms with Gasteiger partial charge in [-0.05, 0) is 11.1 Å². The first kappa shape index (κ1) is 36.4. The van der Waals surface area contributed by atoms with Gasteiger partial charge in [-0.3, -0.25) is 0 Å². The topological polar surface area (TPSA) is 0 Å². The summed E-state index contributed by atoms with van der Waals surface area (Å²) >= 11 is 0. The molecule has 0 spiro atoms. The summed E-state index contributed by atoms with van der Waals surface area (Å²) in [5, 5.41) is 3.38. The maximum Gasteiger partial charge on any atom is 0.0813 e. The van der Waals surface area contributed by atoms with E-state index in [0.29, 0.717) is 0 Å². The predicted molar refractivity (Wildman–Crippen MR) is 211 cm³/mol. The average Bonchev–Trinajstić information content (AvgIpc) is 2.84. The highest BCUT2D eigenvalue weighted by Gasteiger charge is 2.45. The summed E-state index contributed by atoms with van der Waals surface area (Å²) in [6.07, 6.45) is 3.98. The zero-order valence-corrected chi connectivity index (χ0v) is 35.1. The molecule has 0 heterocycles. The van der Waals surface area contributed by atoms with Crippen LogP contribution in [-0.2, 0) is 0 Å². The van der Waals surface area contributed by atoms with Crippen molar-refractivity contribution in [1.29, 1.82) is 0 Å². The standard InChI is InChI=1S/C35H64Si6/c1-15-32-17-21-34(22-18-32)40(13,14)30-38(9,10)26-27-39(11,12)31-41(29-37(6,7)8,28-25-36(3,4)5)35-23-19-33(16-2)20-24-35/h15-24H,1-2,25-31H2,3-14H3. The van der Waals surface area contributed by atoms with Crippen LogP contribution in [0.3, 0.4) is 0 Å². The minimum atomic E-state index is -1.65. The van der Waals surface area contributed by atoms with Crippen molar-refractivity contribution >= 4 is 71.0 Å². The molecule has 0 amide bonds. The third kappa shape index (κ3) is 12.0. The summed E-state index contributed by atoms with van der Waals surface area (Å²) < 4.78 is 0. The second-order valence-corrected chi connectivity index (χ2v) is 50.4. The first-order valence-corrected chi connectivity index (χ1v) is 36.1. The van der Waals surface area contributed by atoms with Crippen LogP contribution >= 0.6 is 0 Å². The third-order valence-corrected chi connectivity index (χ3v) is 40.6. The molecule has 1 unspecified atom stereocenters. The molecule has 2 aromatic rings. The van der Waals surface area contributed by atoms with Gasteiger partial charge in [-0.1, -0.05) is 204 Å². The fourth-order valence-corrected chi connectivity index (χ4v) is 51.8. The van der Waals surface area contributed by atoms with Crippen molar-refractivity contribution in [1.82, 2.24) is 0 Å². The molecule has 0 nitrogen and oxygen atoms in total. The average molecular weight is 653 g/mol. The minimum Gasteiger partial charge on any atom is -0.0985 e. The molecule has 228 valence electrons. The normalized spacial score (nSPS) is 14.9. The van der Waals surface area contributed by atoms with Crippen LogP contribution in [0.25, 0.3) is 12.2 Å². The van der Waals surface area contributed by atoms with E-state index in [1.54, 1.807) is 21.7 Å². The zero-order valence-electron chi connectivity index (χ0n) is 29.1. The van der Waals surface area contributed by atoms with Gasteiger partial charge < -0.3 is 0 Å². The Morgan fingerprint density at radius 3 is 1.27 bits per heavy atom. The highest BCUT2D eigenvalue weighted by atomic mass is 28.4. The lowest BCUT2D eigenvalue weighted by Crippen LogP contribution is -2.57. The lowest BCUT2D eigenvalue weighted by atomic mass is 10.2. The van der Waals surface area contributed by atoms with Gasteiger partial charge in [-0.25, -0.2) is 0 Å². The van der Waals surface area contributed by atoms with Crippen molar-refractivity contribution in [3.05, 3.63) is 72.8 Å². The zero-order chi connectivity index (χ0) is 31.3. The molecule has 0 aliphatic rings. The van der Waals surface area contributed by atoms with E-state index >= 15 is 0 Å². The first-order chi connectivity index (χ1) is 18.6. The molecule has 0 N–H and O–H groups in total. The Morgan fingerprint density at radius 2 is 0.878 bits per heavy atom. The van der Waals surface area contributed by atoms with Crippen LogP contribution < -0.4 is 10.4 Å². The molecule has 0 saturated heterocycles. The smallest absolute Gasteiger partial charge is 0.0813 e. The van der Waals surface area contributed by atoms with Crippen molar-refractivity contribution in [2.45, 2.75) is 120 Å². The van der Waals surface area contributed by atoms with Crippen LogP contribution in [0.15, 0.2) is 61.7 Å². The molecule has 0 aliphatic carbocycles.